The van der Waals surface area contributed by atoms with Crippen molar-refractivity contribution in [2.75, 3.05) is 11.4 Å². The molecule has 0 radical (unpaired) electrons. The number of hydrogen-bond acceptors (Lipinski definition) is 7. The van der Waals surface area contributed by atoms with E-state index in [0.29, 0.717) is 22.8 Å². The van der Waals surface area contributed by atoms with Crippen LogP contribution in [0.4, 0.5) is 36.8 Å². The second kappa shape index (κ2) is 14.1. The highest BCUT2D eigenvalue weighted by atomic mass is 19.4. The number of alkyl carbamates (subject to hydrolysis) is 1. The molecule has 1 aliphatic rings. The zero-order chi connectivity index (χ0) is 38.1. The molecule has 2 aromatic carbocycles. The maximum atomic E-state index is 16.0. The van der Waals surface area contributed by atoms with E-state index in [9.17, 15) is 28.0 Å². The minimum atomic E-state index is -4.53. The van der Waals surface area contributed by atoms with Crippen LogP contribution in [-0.2, 0) is 27.0 Å². The minimum Gasteiger partial charge on any atom is -0.444 e. The van der Waals surface area contributed by atoms with Crippen LogP contribution in [0, 0.1) is 17.1 Å². The van der Waals surface area contributed by atoms with Gasteiger partial charge in [0, 0.05) is 12.0 Å². The standard InChI is InChI=1S/C36H35F6N5O4/c1-8-21(10-9-20(2)22-11-13-23(14-12-22)36(40,41)42)18-47-28-15-24(29-45-46-31(50-29)34(6,7)19-43)26(37)16-25(28)35(38,39)17-27(30(47)48)44-32(49)51-33(3,4)5/h8-16,27H,2,17-18H2,1,3-7H3,(H,44,49)/b10-9-,21-8+/t27-/m0/s1. The van der Waals surface area contributed by atoms with Crippen LogP contribution in [0.5, 0.6) is 0 Å². The third-order valence-electron chi connectivity index (χ3n) is 7.75. The quantitative estimate of drug-likeness (QED) is 0.183. The predicted octanol–water partition coefficient (Wildman–Crippen LogP) is 8.63. The fourth-order valence-electron chi connectivity index (χ4n) is 4.96. The van der Waals surface area contributed by atoms with Gasteiger partial charge in [0.05, 0.1) is 29.4 Å². The minimum absolute atomic E-state index is 0.163. The Morgan fingerprint density at radius 1 is 1.14 bits per heavy atom. The molecular formula is C36H35F6N5O4. The second-order valence-electron chi connectivity index (χ2n) is 13.3. The van der Waals surface area contributed by atoms with Crippen molar-refractivity contribution >= 4 is 23.3 Å². The van der Waals surface area contributed by atoms with Crippen molar-refractivity contribution < 1.29 is 45.1 Å². The van der Waals surface area contributed by atoms with E-state index >= 15 is 13.2 Å². The molecule has 1 aliphatic heterocycles. The van der Waals surface area contributed by atoms with Gasteiger partial charge in [0.15, 0.2) is 0 Å². The molecule has 0 bridgehead atoms. The molecule has 0 spiro atoms. The fraction of sp³-hybridized carbons (Fsp3) is 0.361. The topological polar surface area (TPSA) is 121 Å². The Morgan fingerprint density at radius 2 is 1.78 bits per heavy atom. The average molecular weight is 716 g/mol. The summed E-state index contributed by atoms with van der Waals surface area (Å²) in [5.41, 5.74) is -3.83. The van der Waals surface area contributed by atoms with Gasteiger partial charge in [-0.25, -0.2) is 18.0 Å². The first-order valence-corrected chi connectivity index (χ1v) is 15.5. The molecule has 2 heterocycles. The Kier molecular flexibility index (Phi) is 10.6. The molecule has 15 heteroatoms. The number of alkyl halides is 5. The highest BCUT2D eigenvalue weighted by molar-refractivity contribution is 6.01. The molecular weight excluding hydrogens is 680 g/mol. The highest BCUT2D eigenvalue weighted by Gasteiger charge is 2.47. The van der Waals surface area contributed by atoms with E-state index in [1.165, 1.54) is 38.1 Å². The number of anilines is 1. The zero-order valence-corrected chi connectivity index (χ0v) is 28.6. The van der Waals surface area contributed by atoms with Crippen LogP contribution in [0.2, 0.25) is 0 Å². The number of allylic oxidation sites excluding steroid dienone is 3. The van der Waals surface area contributed by atoms with Crippen molar-refractivity contribution in [2.45, 2.75) is 77.1 Å². The Labute approximate surface area is 290 Å². The molecule has 0 aliphatic carbocycles. The van der Waals surface area contributed by atoms with Crippen molar-refractivity contribution in [3.05, 3.63) is 95.2 Å². The van der Waals surface area contributed by atoms with E-state index in [-0.39, 0.29) is 12.4 Å². The van der Waals surface area contributed by atoms with Crippen molar-refractivity contribution in [1.29, 1.82) is 5.26 Å². The largest absolute Gasteiger partial charge is 0.444 e. The summed E-state index contributed by atoms with van der Waals surface area (Å²) in [6.07, 6.45) is -2.38. The van der Waals surface area contributed by atoms with Gasteiger partial charge in [0.1, 0.15) is 22.9 Å². The summed E-state index contributed by atoms with van der Waals surface area (Å²) >= 11 is 0. The number of nitrogens with one attached hydrogen (secondary N) is 1. The summed E-state index contributed by atoms with van der Waals surface area (Å²) in [5.74, 6) is -6.61. The number of nitriles is 1. The van der Waals surface area contributed by atoms with Crippen LogP contribution in [0.3, 0.4) is 0 Å². The van der Waals surface area contributed by atoms with Gasteiger partial charge >= 0.3 is 12.3 Å². The van der Waals surface area contributed by atoms with Crippen LogP contribution < -0.4 is 10.2 Å². The van der Waals surface area contributed by atoms with Gasteiger partial charge in [-0.3, -0.25) is 4.79 Å². The van der Waals surface area contributed by atoms with Gasteiger partial charge in [-0.05, 0) is 82.5 Å². The number of fused-ring (bicyclic) bond motifs is 1. The summed E-state index contributed by atoms with van der Waals surface area (Å²) in [4.78, 5) is 27.7. The third-order valence-corrected chi connectivity index (χ3v) is 7.75. The van der Waals surface area contributed by atoms with Gasteiger partial charge < -0.3 is 19.4 Å². The first kappa shape index (κ1) is 38.4. The molecule has 0 unspecified atom stereocenters. The lowest BCUT2D eigenvalue weighted by molar-refractivity contribution is -0.137. The zero-order valence-electron chi connectivity index (χ0n) is 28.6. The van der Waals surface area contributed by atoms with E-state index in [4.69, 9.17) is 9.15 Å². The molecule has 9 nitrogen and oxygen atoms in total. The lowest BCUT2D eigenvalue weighted by atomic mass is 9.96. The summed E-state index contributed by atoms with van der Waals surface area (Å²) < 4.78 is 97.5. The van der Waals surface area contributed by atoms with E-state index in [0.717, 1.165) is 23.1 Å². The van der Waals surface area contributed by atoms with Gasteiger partial charge in [0.25, 0.3) is 11.8 Å². The number of hydrogen-bond donors (Lipinski definition) is 1. The maximum Gasteiger partial charge on any atom is 0.416 e. The van der Waals surface area contributed by atoms with Gasteiger partial charge in [-0.15, -0.1) is 10.2 Å². The first-order chi connectivity index (χ1) is 23.6. The number of aromatic nitrogens is 2. The smallest absolute Gasteiger partial charge is 0.416 e. The number of benzene rings is 2. The van der Waals surface area contributed by atoms with Crippen molar-refractivity contribution in [1.82, 2.24) is 15.5 Å². The number of amides is 2. The first-order valence-electron chi connectivity index (χ1n) is 15.5. The molecule has 2 amide bonds. The lowest BCUT2D eigenvalue weighted by Crippen LogP contribution is -2.50. The van der Waals surface area contributed by atoms with Crippen LogP contribution in [0.25, 0.3) is 17.0 Å². The van der Waals surface area contributed by atoms with Crippen molar-refractivity contribution in [2.24, 2.45) is 0 Å². The molecule has 0 fully saturated rings. The van der Waals surface area contributed by atoms with Crippen molar-refractivity contribution in [3.8, 4) is 17.5 Å². The van der Waals surface area contributed by atoms with Crippen LogP contribution in [0.15, 0.2) is 71.2 Å². The summed E-state index contributed by atoms with van der Waals surface area (Å²) in [7, 11) is 0. The Morgan fingerprint density at radius 3 is 2.35 bits per heavy atom. The average Bonchev–Trinajstić information content (AvgIpc) is 3.52. The Balaban J connectivity index is 1.78. The molecule has 1 aromatic heterocycles. The second-order valence-corrected chi connectivity index (χ2v) is 13.3. The Hall–Kier alpha value is -5.39. The molecule has 1 atom stereocenters. The highest BCUT2D eigenvalue weighted by Crippen LogP contribution is 2.45. The number of carbonyl (C=O) groups is 2. The van der Waals surface area contributed by atoms with Crippen molar-refractivity contribution in [3.63, 3.8) is 0 Å². The van der Waals surface area contributed by atoms with E-state index in [1.807, 2.05) is 6.07 Å². The van der Waals surface area contributed by atoms with Gasteiger partial charge in [-0.2, -0.15) is 18.4 Å². The van der Waals surface area contributed by atoms with E-state index < -0.39 is 81.7 Å². The SMILES string of the molecule is C=C(/C=C\C(=C/C)CN1C(=O)[C@@H](NC(=O)OC(C)(C)C)CC(F)(F)c2cc(F)c(-c3nnc(C(C)(C)C#N)o3)cc21)c1ccc(C(F)(F)F)cc1. The summed E-state index contributed by atoms with van der Waals surface area (Å²) in [5, 5.41) is 19.3. The monoisotopic (exact) mass is 715 g/mol. The normalized spacial score (nSPS) is 16.8. The fourth-order valence-corrected chi connectivity index (χ4v) is 4.96. The summed E-state index contributed by atoms with van der Waals surface area (Å²) in [6.45, 7) is 12.7. The predicted molar refractivity (Wildman–Crippen MR) is 176 cm³/mol. The maximum absolute atomic E-state index is 16.0. The molecule has 0 saturated heterocycles. The number of carbonyl (C=O) groups excluding carboxylic acids is 2. The molecule has 3 aromatic rings. The molecule has 270 valence electrons. The number of nitrogens with zero attached hydrogens (tertiary/aromatic N) is 4. The third kappa shape index (κ3) is 8.86. The van der Waals surface area contributed by atoms with Gasteiger partial charge in [0.2, 0.25) is 11.8 Å². The Bertz CT molecular complexity index is 1930. The lowest BCUT2D eigenvalue weighted by Gasteiger charge is -2.27. The number of ether oxygens (including phenoxy) is 1. The van der Waals surface area contributed by atoms with Gasteiger partial charge in [-0.1, -0.05) is 36.9 Å². The molecule has 1 N–H and O–H groups in total. The number of rotatable bonds is 8. The molecule has 51 heavy (non-hydrogen) atoms. The van der Waals surface area contributed by atoms with Crippen LogP contribution >= 0.6 is 0 Å². The number of halogens is 6. The van der Waals surface area contributed by atoms with E-state index in [1.54, 1.807) is 33.8 Å². The molecule has 4 rings (SSSR count). The summed E-state index contributed by atoms with van der Waals surface area (Å²) in [6, 6.07) is 5.94. The van der Waals surface area contributed by atoms with Crippen LogP contribution in [-0.4, -0.2) is 40.4 Å². The molecule has 0 saturated carbocycles. The van der Waals surface area contributed by atoms with E-state index in [2.05, 4.69) is 22.1 Å². The van der Waals surface area contributed by atoms with Crippen LogP contribution in [0.1, 0.15) is 70.5 Å².